The van der Waals surface area contributed by atoms with E-state index in [9.17, 15) is 9.59 Å². The van der Waals surface area contributed by atoms with E-state index in [1.54, 1.807) is 66.7 Å². The molecule has 0 aliphatic rings. The number of fused-ring (bicyclic) bond motifs is 4. The Bertz CT molecular complexity index is 2210. The van der Waals surface area contributed by atoms with Crippen molar-refractivity contribution in [2.24, 2.45) is 0 Å². The summed E-state index contributed by atoms with van der Waals surface area (Å²) in [4.78, 5) is 26.1. The van der Waals surface area contributed by atoms with Gasteiger partial charge in [-0.1, -0.05) is 109 Å². The number of halogens is 1. The van der Waals surface area contributed by atoms with Crippen LogP contribution in [-0.2, 0) is 0 Å². The second kappa shape index (κ2) is 11.0. The van der Waals surface area contributed by atoms with Gasteiger partial charge < -0.3 is 18.9 Å². The quantitative estimate of drug-likeness (QED) is 0.116. The molecule has 0 aromatic heterocycles. The SMILES string of the molecule is O=C(Oc1ccc2ccccc2c1)Oc1c2ccccc2c(OC(=O)Oc2ccc3ccccc3c2)c2c(Cl)cccc12. The van der Waals surface area contributed by atoms with E-state index >= 15 is 0 Å². The lowest BCUT2D eigenvalue weighted by atomic mass is 10.0. The van der Waals surface area contributed by atoms with E-state index in [0.717, 1.165) is 21.5 Å². The topological polar surface area (TPSA) is 71.1 Å². The van der Waals surface area contributed by atoms with E-state index in [0.29, 0.717) is 38.1 Å². The van der Waals surface area contributed by atoms with Crippen LogP contribution in [0.5, 0.6) is 23.0 Å². The second-order valence-electron chi connectivity index (χ2n) is 9.79. The van der Waals surface area contributed by atoms with E-state index in [4.69, 9.17) is 30.5 Å². The fourth-order valence-electron chi connectivity index (χ4n) is 5.18. The van der Waals surface area contributed by atoms with Gasteiger partial charge in [-0.05, 0) is 51.9 Å². The Morgan fingerprint density at radius 3 is 1.49 bits per heavy atom. The van der Waals surface area contributed by atoms with E-state index in [1.807, 2.05) is 60.7 Å². The van der Waals surface area contributed by atoms with Crippen LogP contribution in [0.25, 0.3) is 43.1 Å². The van der Waals surface area contributed by atoms with Gasteiger partial charge in [0.1, 0.15) is 11.5 Å². The zero-order valence-corrected chi connectivity index (χ0v) is 23.2. The van der Waals surface area contributed by atoms with Crippen LogP contribution in [0.4, 0.5) is 9.59 Å². The lowest BCUT2D eigenvalue weighted by molar-refractivity contribution is 0.151. The third-order valence-electron chi connectivity index (χ3n) is 7.12. The summed E-state index contributed by atoms with van der Waals surface area (Å²) in [5.74, 6) is 1.07. The smallest absolute Gasteiger partial charge is 0.395 e. The molecule has 0 saturated heterocycles. The molecule has 0 radical (unpaired) electrons. The van der Waals surface area contributed by atoms with Crippen molar-refractivity contribution in [3.05, 3.63) is 132 Å². The van der Waals surface area contributed by atoms with Gasteiger partial charge in [-0.2, -0.15) is 0 Å². The van der Waals surface area contributed by atoms with Crippen LogP contribution >= 0.6 is 11.6 Å². The molecule has 0 N–H and O–H groups in total. The zero-order chi connectivity index (χ0) is 29.3. The number of hydrogen-bond acceptors (Lipinski definition) is 6. The minimum Gasteiger partial charge on any atom is -0.395 e. The molecule has 0 saturated carbocycles. The van der Waals surface area contributed by atoms with Gasteiger partial charge in [0.15, 0.2) is 11.5 Å². The number of carbonyl (C=O) groups excluding carboxylic acids is 2. The predicted molar refractivity (Wildman–Crippen MR) is 168 cm³/mol. The van der Waals surface area contributed by atoms with Crippen LogP contribution in [0.2, 0.25) is 5.02 Å². The van der Waals surface area contributed by atoms with Crippen LogP contribution in [-0.4, -0.2) is 12.3 Å². The Morgan fingerprint density at radius 1 is 0.442 bits per heavy atom. The monoisotopic (exact) mass is 584 g/mol. The minimum atomic E-state index is -0.939. The first-order valence-corrected chi connectivity index (χ1v) is 13.8. The van der Waals surface area contributed by atoms with Gasteiger partial charge >= 0.3 is 12.3 Å². The second-order valence-corrected chi connectivity index (χ2v) is 10.2. The number of hydrogen-bond donors (Lipinski definition) is 0. The number of carbonyl (C=O) groups is 2. The normalized spacial score (nSPS) is 11.1. The summed E-state index contributed by atoms with van der Waals surface area (Å²) in [5.41, 5.74) is 0. The summed E-state index contributed by atoms with van der Waals surface area (Å²) in [5, 5.41) is 6.02. The van der Waals surface area contributed by atoms with Crippen molar-refractivity contribution in [2.45, 2.75) is 0 Å². The molecule has 208 valence electrons. The summed E-state index contributed by atoms with van der Waals surface area (Å²) in [6.07, 6.45) is -1.86. The van der Waals surface area contributed by atoms with Crippen molar-refractivity contribution < 1.29 is 28.5 Å². The maximum Gasteiger partial charge on any atom is 0.519 e. The molecule has 0 heterocycles. The number of ether oxygens (including phenoxy) is 4. The van der Waals surface area contributed by atoms with E-state index in [-0.39, 0.29) is 11.5 Å². The van der Waals surface area contributed by atoms with Gasteiger partial charge in [-0.3, -0.25) is 0 Å². The summed E-state index contributed by atoms with van der Waals surface area (Å²) < 4.78 is 22.7. The fourth-order valence-corrected chi connectivity index (χ4v) is 5.44. The highest BCUT2D eigenvalue weighted by molar-refractivity contribution is 6.37. The van der Waals surface area contributed by atoms with Crippen molar-refractivity contribution in [2.75, 3.05) is 0 Å². The first kappa shape index (κ1) is 26.3. The third kappa shape index (κ3) is 5.16. The van der Waals surface area contributed by atoms with Crippen LogP contribution in [0.1, 0.15) is 0 Å². The largest absolute Gasteiger partial charge is 0.519 e. The molecule has 0 spiro atoms. The van der Waals surface area contributed by atoms with Crippen molar-refractivity contribution in [1.82, 2.24) is 0 Å². The fraction of sp³-hybridized carbons (Fsp3) is 0. The molecule has 0 aliphatic carbocycles. The first-order chi connectivity index (χ1) is 21.0. The van der Waals surface area contributed by atoms with Crippen LogP contribution in [0.15, 0.2) is 127 Å². The maximum atomic E-state index is 13.1. The predicted octanol–water partition coefficient (Wildman–Crippen LogP) is 10.1. The standard InChI is InChI=1S/C36H21ClO6/c37-31-15-7-14-30-32(31)34(43-36(39)41-27-19-17-23-9-2-4-11-25(23)21-27)29-13-6-5-12-28(29)33(30)42-35(38)40-26-18-16-22-8-1-3-10-24(22)20-26/h1-21H. The van der Waals surface area contributed by atoms with Gasteiger partial charge in [0.25, 0.3) is 0 Å². The Hall–Kier alpha value is -5.59. The van der Waals surface area contributed by atoms with Gasteiger partial charge in [-0.15, -0.1) is 0 Å². The lowest BCUT2D eigenvalue weighted by Crippen LogP contribution is -2.16. The van der Waals surface area contributed by atoms with Gasteiger partial charge in [-0.25, -0.2) is 9.59 Å². The van der Waals surface area contributed by atoms with Gasteiger partial charge in [0.2, 0.25) is 0 Å². The number of benzene rings is 7. The van der Waals surface area contributed by atoms with Crippen LogP contribution in [0.3, 0.4) is 0 Å². The average molecular weight is 585 g/mol. The molecule has 6 nitrogen and oxygen atoms in total. The highest BCUT2D eigenvalue weighted by atomic mass is 35.5. The molecule has 7 heteroatoms. The van der Waals surface area contributed by atoms with Crippen LogP contribution < -0.4 is 18.9 Å². The number of rotatable bonds is 4. The third-order valence-corrected chi connectivity index (χ3v) is 7.43. The van der Waals surface area contributed by atoms with Crippen LogP contribution in [0, 0.1) is 0 Å². The lowest BCUT2D eigenvalue weighted by Gasteiger charge is -2.17. The molecule has 0 fully saturated rings. The van der Waals surface area contributed by atoms with Crippen molar-refractivity contribution >= 4 is 67.0 Å². The summed E-state index contributed by atoms with van der Waals surface area (Å²) >= 11 is 6.66. The Kier molecular flexibility index (Phi) is 6.74. The molecule has 0 bridgehead atoms. The Labute approximate surface area is 250 Å². The summed E-state index contributed by atoms with van der Waals surface area (Å²) in [6, 6.07) is 38.4. The molecule has 0 aliphatic heterocycles. The van der Waals surface area contributed by atoms with Gasteiger partial charge in [0, 0.05) is 21.5 Å². The molecular formula is C36H21ClO6. The van der Waals surface area contributed by atoms with Crippen molar-refractivity contribution in [1.29, 1.82) is 0 Å². The zero-order valence-electron chi connectivity index (χ0n) is 22.5. The molecule has 0 amide bonds. The first-order valence-electron chi connectivity index (χ1n) is 13.4. The van der Waals surface area contributed by atoms with Gasteiger partial charge in [0.05, 0.1) is 5.02 Å². The molecular weight excluding hydrogens is 564 g/mol. The Morgan fingerprint density at radius 2 is 0.907 bits per heavy atom. The van der Waals surface area contributed by atoms with E-state index in [2.05, 4.69) is 0 Å². The van der Waals surface area contributed by atoms with E-state index < -0.39 is 12.3 Å². The highest BCUT2D eigenvalue weighted by Gasteiger charge is 2.23. The summed E-state index contributed by atoms with van der Waals surface area (Å²) in [6.45, 7) is 0. The molecule has 0 atom stereocenters. The maximum absolute atomic E-state index is 13.1. The highest BCUT2D eigenvalue weighted by Crippen LogP contribution is 2.45. The van der Waals surface area contributed by atoms with Crippen molar-refractivity contribution in [3.8, 4) is 23.0 Å². The van der Waals surface area contributed by atoms with Crippen molar-refractivity contribution in [3.63, 3.8) is 0 Å². The molecule has 7 aromatic carbocycles. The average Bonchev–Trinajstić information content (AvgIpc) is 3.02. The van der Waals surface area contributed by atoms with E-state index in [1.165, 1.54) is 0 Å². The Balaban J connectivity index is 1.24. The molecule has 7 rings (SSSR count). The molecule has 43 heavy (non-hydrogen) atoms. The minimum absolute atomic E-state index is 0.178. The summed E-state index contributed by atoms with van der Waals surface area (Å²) in [7, 11) is 0. The molecule has 7 aromatic rings. The molecule has 0 unspecified atom stereocenters.